The maximum atomic E-state index is 14.0. The molecular weight excluding hydrogens is 541 g/mol. The van der Waals surface area contributed by atoms with Gasteiger partial charge in [0.2, 0.25) is 0 Å². The molecule has 0 saturated carbocycles. The molecule has 204 valence electrons. The summed E-state index contributed by atoms with van der Waals surface area (Å²) >= 11 is 1.21. The first-order chi connectivity index (χ1) is 17.7. The summed E-state index contributed by atoms with van der Waals surface area (Å²) in [5.41, 5.74) is -1.98. The quantitative estimate of drug-likeness (QED) is 0.288. The number of ether oxygens (including phenoxy) is 2. The normalized spacial score (nSPS) is 19.1. The van der Waals surface area contributed by atoms with Crippen molar-refractivity contribution in [3.8, 4) is 10.6 Å². The number of rotatable bonds is 6. The second-order valence-corrected chi connectivity index (χ2v) is 9.82. The number of carbonyl (C=O) groups is 1. The zero-order valence-corrected chi connectivity index (χ0v) is 21.0. The van der Waals surface area contributed by atoms with Crippen LogP contribution < -0.4 is 0 Å². The van der Waals surface area contributed by atoms with Gasteiger partial charge in [0.05, 0.1) is 34.7 Å². The lowest BCUT2D eigenvalue weighted by Gasteiger charge is -2.23. The van der Waals surface area contributed by atoms with Crippen LogP contribution in [0.5, 0.6) is 0 Å². The summed E-state index contributed by atoms with van der Waals surface area (Å²) in [6, 6.07) is 3.97. The van der Waals surface area contributed by atoms with Crippen molar-refractivity contribution in [3.63, 3.8) is 0 Å². The van der Waals surface area contributed by atoms with E-state index in [4.69, 9.17) is 9.47 Å². The number of thiazole rings is 1. The predicted octanol–water partition coefficient (Wildman–Crippen LogP) is 7.78. The molecule has 2 aromatic carbocycles. The maximum Gasteiger partial charge on any atom is 0.416 e. The summed E-state index contributed by atoms with van der Waals surface area (Å²) in [6.45, 7) is 2.89. The van der Waals surface area contributed by atoms with E-state index in [1.54, 1.807) is 13.1 Å². The molecule has 4 rings (SSSR count). The number of hydrogen-bond acceptors (Lipinski definition) is 5. The molecule has 0 N–H and O–H groups in total. The largest absolute Gasteiger partial charge is 0.439 e. The Labute approximate surface area is 216 Å². The van der Waals surface area contributed by atoms with Gasteiger partial charge in [-0.15, -0.1) is 11.3 Å². The number of nitrogens with zero attached hydrogens (tertiary/aromatic N) is 2. The second kappa shape index (κ2) is 10.2. The van der Waals surface area contributed by atoms with Gasteiger partial charge in [-0.2, -0.15) is 26.3 Å². The number of amides is 1. The molecule has 3 atom stereocenters. The Morgan fingerprint density at radius 3 is 2.39 bits per heavy atom. The van der Waals surface area contributed by atoms with Crippen molar-refractivity contribution < 1.29 is 45.0 Å². The Hall–Kier alpha value is -3.19. The molecule has 1 unspecified atom stereocenters. The number of aromatic nitrogens is 1. The monoisotopic (exact) mass is 562 g/mol. The molecule has 0 spiro atoms. The molecule has 1 aromatic heterocycles. The van der Waals surface area contributed by atoms with E-state index in [1.807, 2.05) is 0 Å². The van der Waals surface area contributed by atoms with Crippen LogP contribution in [0.2, 0.25) is 0 Å². The molecule has 13 heteroatoms. The first-order valence-electron chi connectivity index (χ1n) is 11.2. The van der Waals surface area contributed by atoms with Crippen molar-refractivity contribution in [3.05, 3.63) is 75.5 Å². The van der Waals surface area contributed by atoms with Crippen LogP contribution in [0.25, 0.3) is 10.6 Å². The van der Waals surface area contributed by atoms with Crippen molar-refractivity contribution in [2.45, 2.75) is 51.0 Å². The summed E-state index contributed by atoms with van der Waals surface area (Å²) in [7, 11) is 1.50. The molecule has 1 saturated heterocycles. The van der Waals surface area contributed by atoms with E-state index in [2.05, 4.69) is 4.98 Å². The highest BCUT2D eigenvalue weighted by Gasteiger charge is 2.42. The zero-order valence-electron chi connectivity index (χ0n) is 20.2. The lowest BCUT2D eigenvalue weighted by atomic mass is 9.99. The maximum absolute atomic E-state index is 14.0. The van der Waals surface area contributed by atoms with Gasteiger partial charge in [-0.25, -0.2) is 14.2 Å². The van der Waals surface area contributed by atoms with E-state index >= 15 is 0 Å². The van der Waals surface area contributed by atoms with E-state index in [0.717, 1.165) is 28.0 Å². The molecule has 1 aliphatic rings. The van der Waals surface area contributed by atoms with Crippen LogP contribution >= 0.6 is 11.3 Å². The van der Waals surface area contributed by atoms with Crippen molar-refractivity contribution in [2.75, 3.05) is 7.11 Å². The Kier molecular flexibility index (Phi) is 7.45. The molecule has 1 aliphatic heterocycles. The first kappa shape index (κ1) is 27.8. The van der Waals surface area contributed by atoms with Crippen molar-refractivity contribution >= 4 is 17.4 Å². The third-order valence-electron chi connectivity index (χ3n) is 6.25. The van der Waals surface area contributed by atoms with Gasteiger partial charge in [0.15, 0.2) is 0 Å². The summed E-state index contributed by atoms with van der Waals surface area (Å²) in [6.07, 6.45) is -10.5. The summed E-state index contributed by atoms with van der Waals surface area (Å²) in [5.74, 6) is -1.17. The molecular formula is C25H21F7N2O3S. The fourth-order valence-corrected chi connectivity index (χ4v) is 5.11. The molecule has 5 nitrogen and oxygen atoms in total. The number of benzene rings is 2. The lowest BCUT2D eigenvalue weighted by Crippen LogP contribution is -2.31. The standard InChI is InChI=1S/C25H21F7N2O3S/c1-12-21(14-6-17(25(30,31)32)9-18(26)8-14)37-23(35)34(12)11-15-7-16(24(27,28)29)4-5-19(15)22-33-10-20(38-22)13(2)36-3/h4-10,12-13,21H,11H2,1-3H3/t12-,13?,21-/m0/s1. The van der Waals surface area contributed by atoms with E-state index in [9.17, 15) is 35.5 Å². The third kappa shape index (κ3) is 5.63. The van der Waals surface area contributed by atoms with E-state index < -0.39 is 47.5 Å². The van der Waals surface area contributed by atoms with E-state index in [-0.39, 0.29) is 23.8 Å². The minimum atomic E-state index is -4.83. The second-order valence-electron chi connectivity index (χ2n) is 8.76. The molecule has 38 heavy (non-hydrogen) atoms. The SMILES string of the molecule is COC(C)c1cnc(-c2ccc(C(F)(F)F)cc2CN2C(=O)O[C@H](c3cc(F)cc(C(F)(F)F)c3)[C@@H]2C)s1. The van der Waals surface area contributed by atoms with Crippen LogP contribution in [-0.4, -0.2) is 29.1 Å². The van der Waals surface area contributed by atoms with Gasteiger partial charge in [0.1, 0.15) is 16.9 Å². The Balaban J connectivity index is 1.70. The summed E-state index contributed by atoms with van der Waals surface area (Å²) in [5, 5.41) is 0.393. The summed E-state index contributed by atoms with van der Waals surface area (Å²) < 4.78 is 105. The highest BCUT2D eigenvalue weighted by atomic mass is 32.1. The fourth-order valence-electron chi connectivity index (χ4n) is 4.11. The van der Waals surface area contributed by atoms with Gasteiger partial charge < -0.3 is 9.47 Å². The zero-order chi connectivity index (χ0) is 28.0. The van der Waals surface area contributed by atoms with Gasteiger partial charge in [-0.3, -0.25) is 4.90 Å². The first-order valence-corrected chi connectivity index (χ1v) is 12.0. The van der Waals surface area contributed by atoms with Crippen LogP contribution in [0.4, 0.5) is 35.5 Å². The number of methoxy groups -OCH3 is 1. The molecule has 0 radical (unpaired) electrons. The molecule has 0 bridgehead atoms. The lowest BCUT2D eigenvalue weighted by molar-refractivity contribution is -0.138. The number of halogens is 7. The minimum Gasteiger partial charge on any atom is -0.439 e. The van der Waals surface area contributed by atoms with Gasteiger partial charge in [0, 0.05) is 18.9 Å². The molecule has 1 amide bonds. The average molecular weight is 563 g/mol. The van der Waals surface area contributed by atoms with Gasteiger partial charge in [-0.05, 0) is 55.3 Å². The number of cyclic esters (lactones) is 1. The fraction of sp³-hybridized carbons (Fsp3) is 0.360. The highest BCUT2D eigenvalue weighted by molar-refractivity contribution is 7.15. The van der Waals surface area contributed by atoms with Crippen molar-refractivity contribution in [2.24, 2.45) is 0 Å². The highest BCUT2D eigenvalue weighted by Crippen LogP contribution is 2.40. The predicted molar refractivity (Wildman–Crippen MR) is 124 cm³/mol. The average Bonchev–Trinajstić information content (AvgIpc) is 3.43. The Morgan fingerprint density at radius 1 is 1.08 bits per heavy atom. The van der Waals surface area contributed by atoms with Crippen LogP contribution in [0.1, 0.15) is 53.2 Å². The molecule has 1 fully saturated rings. The number of hydrogen-bond donors (Lipinski definition) is 0. The van der Waals surface area contributed by atoms with Gasteiger partial charge in [0.25, 0.3) is 0 Å². The third-order valence-corrected chi connectivity index (χ3v) is 7.44. The molecule has 2 heterocycles. The Bertz CT molecular complexity index is 1340. The Morgan fingerprint density at radius 2 is 1.76 bits per heavy atom. The van der Waals surface area contributed by atoms with Gasteiger partial charge in [-0.1, -0.05) is 6.07 Å². The van der Waals surface area contributed by atoms with Crippen LogP contribution in [-0.2, 0) is 28.4 Å². The number of carbonyl (C=O) groups excluding carboxylic acids is 1. The van der Waals surface area contributed by atoms with Crippen LogP contribution in [0.3, 0.4) is 0 Å². The van der Waals surface area contributed by atoms with Crippen LogP contribution in [0, 0.1) is 5.82 Å². The smallest absolute Gasteiger partial charge is 0.416 e. The van der Waals surface area contributed by atoms with Crippen molar-refractivity contribution in [1.82, 2.24) is 9.88 Å². The molecule has 3 aromatic rings. The van der Waals surface area contributed by atoms with Crippen molar-refractivity contribution in [1.29, 1.82) is 0 Å². The van der Waals surface area contributed by atoms with Gasteiger partial charge >= 0.3 is 18.4 Å². The van der Waals surface area contributed by atoms with E-state index in [1.165, 1.54) is 31.4 Å². The van der Waals surface area contributed by atoms with Crippen LogP contribution in [0.15, 0.2) is 42.6 Å². The number of alkyl halides is 6. The summed E-state index contributed by atoms with van der Waals surface area (Å²) in [4.78, 5) is 18.9. The molecule has 0 aliphatic carbocycles. The minimum absolute atomic E-state index is 0.102. The van der Waals surface area contributed by atoms with E-state index in [0.29, 0.717) is 22.7 Å². The topological polar surface area (TPSA) is 51.7 Å².